The van der Waals surface area contributed by atoms with Gasteiger partial charge < -0.3 is 10.6 Å². The molecule has 0 unspecified atom stereocenters. The maximum Gasteiger partial charge on any atom is 0.319 e. The van der Waals surface area contributed by atoms with Crippen molar-refractivity contribution in [1.82, 2.24) is 5.32 Å². The van der Waals surface area contributed by atoms with Crippen LogP contribution in [0.2, 0.25) is 0 Å². The van der Waals surface area contributed by atoms with Crippen molar-refractivity contribution in [3.8, 4) is 0 Å². The van der Waals surface area contributed by atoms with E-state index >= 15 is 0 Å². The zero-order valence-electron chi connectivity index (χ0n) is 8.88. The van der Waals surface area contributed by atoms with Crippen LogP contribution < -0.4 is 10.6 Å². The first-order valence-electron chi connectivity index (χ1n) is 4.95. The topological polar surface area (TPSA) is 41.1 Å². The Labute approximate surface area is 98.4 Å². The van der Waals surface area contributed by atoms with Crippen LogP contribution in [0.1, 0.15) is 20.3 Å². The molecule has 2 N–H and O–H groups in total. The van der Waals surface area contributed by atoms with Crippen LogP contribution in [-0.4, -0.2) is 12.1 Å². The maximum atomic E-state index is 11.5. The minimum atomic E-state index is -0.170. The highest BCUT2D eigenvalue weighted by molar-refractivity contribution is 9.10. The number of anilines is 1. The van der Waals surface area contributed by atoms with Crippen LogP contribution >= 0.6 is 15.9 Å². The molecule has 4 heteroatoms. The first-order chi connectivity index (χ1) is 7.13. The Balaban J connectivity index is 2.55. The summed E-state index contributed by atoms with van der Waals surface area (Å²) in [6.45, 7) is 4.00. The van der Waals surface area contributed by atoms with Crippen molar-refractivity contribution in [1.29, 1.82) is 0 Å². The van der Waals surface area contributed by atoms with Crippen LogP contribution in [0.25, 0.3) is 0 Å². The van der Waals surface area contributed by atoms with Gasteiger partial charge in [-0.3, -0.25) is 0 Å². The molecule has 0 aliphatic heterocycles. The number of carbonyl (C=O) groups is 1. The number of urea groups is 1. The second-order valence-electron chi connectivity index (χ2n) is 3.39. The molecule has 0 saturated carbocycles. The first kappa shape index (κ1) is 12.0. The van der Waals surface area contributed by atoms with Crippen molar-refractivity contribution in [2.45, 2.75) is 26.3 Å². The van der Waals surface area contributed by atoms with E-state index < -0.39 is 0 Å². The first-order valence-corrected chi connectivity index (χ1v) is 5.74. The van der Waals surface area contributed by atoms with Crippen molar-refractivity contribution in [2.24, 2.45) is 0 Å². The molecule has 1 aromatic rings. The normalized spacial score (nSPS) is 11.9. The number of nitrogens with one attached hydrogen (secondary N) is 2. The number of carbonyl (C=O) groups excluding carboxylic acids is 1. The molecule has 0 aliphatic carbocycles. The van der Waals surface area contributed by atoms with Crippen LogP contribution in [0.5, 0.6) is 0 Å². The van der Waals surface area contributed by atoms with Crippen LogP contribution in [0.3, 0.4) is 0 Å². The third-order valence-electron chi connectivity index (χ3n) is 2.11. The highest BCUT2D eigenvalue weighted by atomic mass is 79.9. The van der Waals surface area contributed by atoms with Gasteiger partial charge in [-0.2, -0.15) is 0 Å². The van der Waals surface area contributed by atoms with E-state index in [9.17, 15) is 4.79 Å². The quantitative estimate of drug-likeness (QED) is 0.869. The summed E-state index contributed by atoms with van der Waals surface area (Å²) in [5, 5.41) is 5.61. The molecule has 0 radical (unpaired) electrons. The predicted molar refractivity (Wildman–Crippen MR) is 66.0 cm³/mol. The molecule has 0 fully saturated rings. The average Bonchev–Trinajstić information content (AvgIpc) is 2.21. The van der Waals surface area contributed by atoms with Gasteiger partial charge in [0.2, 0.25) is 0 Å². The van der Waals surface area contributed by atoms with Crippen molar-refractivity contribution < 1.29 is 4.79 Å². The van der Waals surface area contributed by atoms with Crippen LogP contribution in [0.4, 0.5) is 10.5 Å². The Kier molecular flexibility index (Phi) is 4.62. The average molecular weight is 271 g/mol. The monoisotopic (exact) mass is 270 g/mol. The molecule has 3 nitrogen and oxygen atoms in total. The summed E-state index contributed by atoms with van der Waals surface area (Å²) in [6, 6.07) is 7.54. The lowest BCUT2D eigenvalue weighted by atomic mass is 10.3. The molecule has 0 aromatic heterocycles. The SMILES string of the molecule is CC[C@@H](C)NC(=O)Nc1ccccc1Br. The fourth-order valence-electron chi connectivity index (χ4n) is 1.05. The van der Waals surface area contributed by atoms with Gasteiger partial charge in [-0.25, -0.2) is 4.79 Å². The molecule has 0 heterocycles. The fraction of sp³-hybridized carbons (Fsp3) is 0.364. The van der Waals surface area contributed by atoms with Crippen LogP contribution in [0, 0.1) is 0 Å². The van der Waals surface area contributed by atoms with Crippen molar-refractivity contribution in [2.75, 3.05) is 5.32 Å². The molecule has 1 rings (SSSR count). The van der Waals surface area contributed by atoms with Gasteiger partial charge in [-0.05, 0) is 41.4 Å². The fourth-order valence-corrected chi connectivity index (χ4v) is 1.43. The number of hydrogen-bond acceptors (Lipinski definition) is 1. The molecule has 0 saturated heterocycles. The second kappa shape index (κ2) is 5.75. The Hall–Kier alpha value is -1.03. The molecule has 82 valence electrons. The number of benzene rings is 1. The van der Waals surface area contributed by atoms with Gasteiger partial charge >= 0.3 is 6.03 Å². The van der Waals surface area contributed by atoms with E-state index in [1.807, 2.05) is 38.1 Å². The minimum Gasteiger partial charge on any atom is -0.335 e. The van der Waals surface area contributed by atoms with E-state index in [0.717, 1.165) is 16.6 Å². The Morgan fingerprint density at radius 3 is 2.73 bits per heavy atom. The third-order valence-corrected chi connectivity index (χ3v) is 2.80. The minimum absolute atomic E-state index is 0.170. The van der Waals surface area contributed by atoms with Crippen LogP contribution in [0.15, 0.2) is 28.7 Å². The summed E-state index contributed by atoms with van der Waals surface area (Å²) in [4.78, 5) is 11.5. The molecule has 2 amide bonds. The molecule has 1 atom stereocenters. The Morgan fingerprint density at radius 2 is 2.13 bits per heavy atom. The molecule has 0 aliphatic rings. The van der Waals surface area contributed by atoms with Gasteiger partial charge in [0, 0.05) is 10.5 Å². The summed E-state index contributed by atoms with van der Waals surface area (Å²) >= 11 is 3.37. The van der Waals surface area contributed by atoms with Gasteiger partial charge in [-0.1, -0.05) is 19.1 Å². The lowest BCUT2D eigenvalue weighted by Crippen LogP contribution is -2.35. The van der Waals surface area contributed by atoms with Crippen molar-refractivity contribution in [3.05, 3.63) is 28.7 Å². The van der Waals surface area contributed by atoms with Gasteiger partial charge in [-0.15, -0.1) is 0 Å². The molecular formula is C11H15BrN2O. The lowest BCUT2D eigenvalue weighted by molar-refractivity contribution is 0.249. The lowest BCUT2D eigenvalue weighted by Gasteiger charge is -2.13. The Morgan fingerprint density at radius 1 is 1.47 bits per heavy atom. The summed E-state index contributed by atoms with van der Waals surface area (Å²) in [7, 11) is 0. The van der Waals surface area contributed by atoms with E-state index in [4.69, 9.17) is 0 Å². The van der Waals surface area contributed by atoms with E-state index in [-0.39, 0.29) is 12.1 Å². The van der Waals surface area contributed by atoms with Crippen molar-refractivity contribution in [3.63, 3.8) is 0 Å². The molecular weight excluding hydrogens is 256 g/mol. The number of hydrogen-bond donors (Lipinski definition) is 2. The number of rotatable bonds is 3. The zero-order valence-corrected chi connectivity index (χ0v) is 10.5. The van der Waals surface area contributed by atoms with E-state index in [1.54, 1.807) is 0 Å². The van der Waals surface area contributed by atoms with Gasteiger partial charge in [0.25, 0.3) is 0 Å². The third kappa shape index (κ3) is 3.91. The van der Waals surface area contributed by atoms with E-state index in [2.05, 4.69) is 26.6 Å². The number of para-hydroxylation sites is 1. The van der Waals surface area contributed by atoms with Gasteiger partial charge in [0.1, 0.15) is 0 Å². The highest BCUT2D eigenvalue weighted by Gasteiger charge is 2.06. The number of amides is 2. The zero-order chi connectivity index (χ0) is 11.3. The molecule has 0 spiro atoms. The van der Waals surface area contributed by atoms with E-state index in [1.165, 1.54) is 0 Å². The Bertz CT molecular complexity index is 341. The second-order valence-corrected chi connectivity index (χ2v) is 4.24. The standard InChI is InChI=1S/C11H15BrN2O/c1-3-8(2)13-11(15)14-10-7-5-4-6-9(10)12/h4-8H,3H2,1-2H3,(H2,13,14,15)/t8-/m1/s1. The van der Waals surface area contributed by atoms with Gasteiger partial charge in [0.05, 0.1) is 5.69 Å². The largest absolute Gasteiger partial charge is 0.335 e. The maximum absolute atomic E-state index is 11.5. The summed E-state index contributed by atoms with van der Waals surface area (Å²) in [6.07, 6.45) is 0.920. The molecule has 1 aromatic carbocycles. The van der Waals surface area contributed by atoms with Gasteiger partial charge in [0.15, 0.2) is 0 Å². The smallest absolute Gasteiger partial charge is 0.319 e. The van der Waals surface area contributed by atoms with Crippen molar-refractivity contribution >= 4 is 27.6 Å². The summed E-state index contributed by atoms with van der Waals surface area (Å²) < 4.78 is 0.879. The summed E-state index contributed by atoms with van der Waals surface area (Å²) in [5.74, 6) is 0. The summed E-state index contributed by atoms with van der Waals surface area (Å²) in [5.41, 5.74) is 0.776. The molecule has 0 bridgehead atoms. The molecule has 15 heavy (non-hydrogen) atoms. The number of halogens is 1. The predicted octanol–water partition coefficient (Wildman–Crippen LogP) is 3.37. The van der Waals surface area contributed by atoms with E-state index in [0.29, 0.717) is 0 Å². The van der Waals surface area contributed by atoms with Crippen LogP contribution in [-0.2, 0) is 0 Å². The highest BCUT2D eigenvalue weighted by Crippen LogP contribution is 2.20.